The van der Waals surface area contributed by atoms with Crippen molar-refractivity contribution in [2.45, 2.75) is 12.5 Å². The fourth-order valence-corrected chi connectivity index (χ4v) is 3.03. The van der Waals surface area contributed by atoms with Gasteiger partial charge < -0.3 is 10.4 Å². The summed E-state index contributed by atoms with van der Waals surface area (Å²) in [6.45, 7) is 3.65. The highest BCUT2D eigenvalue weighted by Crippen LogP contribution is 2.32. The van der Waals surface area contributed by atoms with E-state index in [1.165, 1.54) is 4.90 Å². The fourth-order valence-electron chi connectivity index (χ4n) is 3.03. The molecule has 6 nitrogen and oxygen atoms in total. The molecule has 6 heteroatoms. The predicted octanol–water partition coefficient (Wildman–Crippen LogP) is -0.0659. The summed E-state index contributed by atoms with van der Waals surface area (Å²) >= 11 is 0. The molecule has 0 spiro atoms. The zero-order valence-corrected chi connectivity index (χ0v) is 11.8. The maximum atomic E-state index is 12.6. The first-order valence-corrected chi connectivity index (χ1v) is 7.22. The topological polar surface area (TPSA) is 72.9 Å². The SMILES string of the molecule is O=C(O)[C@@H]1Cc2ccccc2N1C(=O)CN1CCNCC1. The number of rotatable bonds is 3. The molecule has 1 saturated heterocycles. The van der Waals surface area contributed by atoms with Crippen LogP contribution < -0.4 is 10.2 Å². The summed E-state index contributed by atoms with van der Waals surface area (Å²) in [6, 6.07) is 6.66. The van der Waals surface area contributed by atoms with Gasteiger partial charge in [-0.15, -0.1) is 0 Å². The smallest absolute Gasteiger partial charge is 0.327 e. The molecule has 112 valence electrons. The van der Waals surface area contributed by atoms with Crippen molar-refractivity contribution in [3.8, 4) is 0 Å². The lowest BCUT2D eigenvalue weighted by Gasteiger charge is -2.30. The number of nitrogens with zero attached hydrogens (tertiary/aromatic N) is 2. The van der Waals surface area contributed by atoms with E-state index < -0.39 is 12.0 Å². The van der Waals surface area contributed by atoms with Gasteiger partial charge in [-0.1, -0.05) is 18.2 Å². The molecule has 0 saturated carbocycles. The Bertz CT molecular complexity index is 555. The lowest BCUT2D eigenvalue weighted by molar-refractivity contribution is -0.140. The van der Waals surface area contributed by atoms with Crippen LogP contribution in [0, 0.1) is 0 Å². The summed E-state index contributed by atoms with van der Waals surface area (Å²) < 4.78 is 0. The van der Waals surface area contributed by atoms with Crippen molar-refractivity contribution in [1.82, 2.24) is 10.2 Å². The van der Waals surface area contributed by atoms with Gasteiger partial charge in [-0.2, -0.15) is 0 Å². The molecule has 2 aliphatic rings. The molecular formula is C15H19N3O3. The number of hydrogen-bond acceptors (Lipinski definition) is 4. The Morgan fingerprint density at radius 3 is 2.67 bits per heavy atom. The average Bonchev–Trinajstić information content (AvgIpc) is 2.88. The highest BCUT2D eigenvalue weighted by atomic mass is 16.4. The quantitative estimate of drug-likeness (QED) is 0.815. The molecule has 0 aromatic heterocycles. The first kappa shape index (κ1) is 14.0. The van der Waals surface area contributed by atoms with E-state index in [4.69, 9.17) is 0 Å². The summed E-state index contributed by atoms with van der Waals surface area (Å²) in [5, 5.41) is 12.6. The maximum Gasteiger partial charge on any atom is 0.327 e. The van der Waals surface area contributed by atoms with Gasteiger partial charge in [-0.25, -0.2) is 4.79 Å². The molecule has 1 fully saturated rings. The second-order valence-corrected chi connectivity index (χ2v) is 5.48. The molecule has 2 N–H and O–H groups in total. The number of nitrogens with one attached hydrogen (secondary N) is 1. The van der Waals surface area contributed by atoms with Gasteiger partial charge in [0.1, 0.15) is 6.04 Å². The summed E-state index contributed by atoms with van der Waals surface area (Å²) in [4.78, 5) is 27.6. The molecule has 2 aliphatic heterocycles. The Kier molecular flexibility index (Phi) is 3.90. The number of hydrogen-bond donors (Lipinski definition) is 2. The fraction of sp³-hybridized carbons (Fsp3) is 0.467. The van der Waals surface area contributed by atoms with E-state index in [2.05, 4.69) is 10.2 Å². The number of para-hydroxylation sites is 1. The number of fused-ring (bicyclic) bond motifs is 1. The molecule has 1 atom stereocenters. The largest absolute Gasteiger partial charge is 0.480 e. The average molecular weight is 289 g/mol. The van der Waals surface area contributed by atoms with Gasteiger partial charge in [0.25, 0.3) is 0 Å². The molecular weight excluding hydrogens is 270 g/mol. The Hall–Kier alpha value is -1.92. The zero-order valence-electron chi connectivity index (χ0n) is 11.8. The molecule has 1 aromatic rings. The lowest BCUT2D eigenvalue weighted by Crippen LogP contribution is -2.51. The summed E-state index contributed by atoms with van der Waals surface area (Å²) in [5.41, 5.74) is 1.67. The lowest BCUT2D eigenvalue weighted by atomic mass is 10.1. The first-order valence-electron chi connectivity index (χ1n) is 7.22. The van der Waals surface area contributed by atoms with Crippen LogP contribution in [-0.4, -0.2) is 60.6 Å². The third-order valence-electron chi connectivity index (χ3n) is 4.10. The van der Waals surface area contributed by atoms with Crippen molar-refractivity contribution in [2.24, 2.45) is 0 Å². The molecule has 0 unspecified atom stereocenters. The second kappa shape index (κ2) is 5.83. The van der Waals surface area contributed by atoms with Crippen LogP contribution in [-0.2, 0) is 16.0 Å². The first-order chi connectivity index (χ1) is 10.2. The molecule has 1 amide bonds. The number of amides is 1. The molecule has 1 aromatic carbocycles. The van der Waals surface area contributed by atoms with E-state index in [-0.39, 0.29) is 12.5 Å². The third kappa shape index (κ3) is 2.77. The van der Waals surface area contributed by atoms with Crippen LogP contribution in [0.25, 0.3) is 0 Å². The van der Waals surface area contributed by atoms with E-state index in [9.17, 15) is 14.7 Å². The minimum Gasteiger partial charge on any atom is -0.480 e. The Balaban J connectivity index is 1.80. The minimum absolute atomic E-state index is 0.130. The summed E-state index contributed by atoms with van der Waals surface area (Å²) in [5.74, 6) is -1.07. The van der Waals surface area contributed by atoms with Gasteiger partial charge in [-0.05, 0) is 11.6 Å². The monoisotopic (exact) mass is 289 g/mol. The van der Waals surface area contributed by atoms with Gasteiger partial charge in [0.2, 0.25) is 5.91 Å². The molecule has 0 aliphatic carbocycles. The van der Waals surface area contributed by atoms with Gasteiger partial charge in [0, 0.05) is 38.3 Å². The highest BCUT2D eigenvalue weighted by molar-refractivity contribution is 6.02. The standard InChI is InChI=1S/C15H19N3O3/c19-14(10-17-7-5-16-6-8-17)18-12-4-2-1-3-11(12)9-13(18)15(20)21/h1-4,13,16H,5-10H2,(H,20,21)/t13-/m0/s1. The molecule has 2 heterocycles. The number of carboxylic acid groups (broad SMARTS) is 1. The van der Waals surface area contributed by atoms with Gasteiger partial charge in [-0.3, -0.25) is 14.6 Å². The van der Waals surface area contributed by atoms with Crippen molar-refractivity contribution in [3.63, 3.8) is 0 Å². The van der Waals surface area contributed by atoms with Crippen molar-refractivity contribution >= 4 is 17.6 Å². The van der Waals surface area contributed by atoms with Gasteiger partial charge in [0.15, 0.2) is 0 Å². The Morgan fingerprint density at radius 2 is 1.95 bits per heavy atom. The number of piperazine rings is 1. The Morgan fingerprint density at radius 1 is 1.24 bits per heavy atom. The van der Waals surface area contributed by atoms with E-state index >= 15 is 0 Å². The van der Waals surface area contributed by atoms with Crippen LogP contribution in [0.1, 0.15) is 5.56 Å². The number of aliphatic carboxylic acids is 1. The molecule has 0 radical (unpaired) electrons. The van der Waals surface area contributed by atoms with E-state index in [1.807, 2.05) is 24.3 Å². The number of benzene rings is 1. The Labute approximate surface area is 123 Å². The van der Waals surface area contributed by atoms with Crippen molar-refractivity contribution in [1.29, 1.82) is 0 Å². The van der Waals surface area contributed by atoms with Crippen LogP contribution in [0.15, 0.2) is 24.3 Å². The summed E-state index contributed by atoms with van der Waals surface area (Å²) in [6.07, 6.45) is 0.388. The van der Waals surface area contributed by atoms with Crippen molar-refractivity contribution in [3.05, 3.63) is 29.8 Å². The van der Waals surface area contributed by atoms with E-state index in [0.29, 0.717) is 6.42 Å². The van der Waals surface area contributed by atoms with Crippen molar-refractivity contribution in [2.75, 3.05) is 37.6 Å². The zero-order chi connectivity index (χ0) is 14.8. The third-order valence-corrected chi connectivity index (χ3v) is 4.10. The normalized spacial score (nSPS) is 22.1. The van der Waals surface area contributed by atoms with Crippen LogP contribution in [0.4, 0.5) is 5.69 Å². The minimum atomic E-state index is -0.945. The molecule has 0 bridgehead atoms. The van der Waals surface area contributed by atoms with Crippen molar-refractivity contribution < 1.29 is 14.7 Å². The van der Waals surface area contributed by atoms with Crippen LogP contribution >= 0.6 is 0 Å². The highest BCUT2D eigenvalue weighted by Gasteiger charge is 2.38. The van der Waals surface area contributed by atoms with Crippen LogP contribution in [0.3, 0.4) is 0 Å². The van der Waals surface area contributed by atoms with Gasteiger partial charge in [0.05, 0.1) is 6.54 Å². The molecule has 21 heavy (non-hydrogen) atoms. The summed E-state index contributed by atoms with van der Waals surface area (Å²) in [7, 11) is 0. The second-order valence-electron chi connectivity index (χ2n) is 5.48. The van der Waals surface area contributed by atoms with E-state index in [1.54, 1.807) is 0 Å². The number of carbonyl (C=O) groups excluding carboxylic acids is 1. The molecule has 3 rings (SSSR count). The van der Waals surface area contributed by atoms with Crippen LogP contribution in [0.5, 0.6) is 0 Å². The van der Waals surface area contributed by atoms with Crippen LogP contribution in [0.2, 0.25) is 0 Å². The predicted molar refractivity (Wildman–Crippen MR) is 78.4 cm³/mol. The number of carbonyl (C=O) groups is 2. The number of anilines is 1. The number of carboxylic acids is 1. The van der Waals surface area contributed by atoms with Gasteiger partial charge >= 0.3 is 5.97 Å². The van der Waals surface area contributed by atoms with E-state index in [0.717, 1.165) is 37.4 Å². The maximum absolute atomic E-state index is 12.6.